The number of H-pyrrole nitrogens is 1. The van der Waals surface area contributed by atoms with Crippen molar-refractivity contribution in [3.63, 3.8) is 0 Å². The van der Waals surface area contributed by atoms with Crippen molar-refractivity contribution < 1.29 is 46.9 Å². The van der Waals surface area contributed by atoms with Crippen LogP contribution in [0.5, 0.6) is 0 Å². The molecule has 0 aromatic carbocycles. The highest BCUT2D eigenvalue weighted by Gasteiger charge is 2.53. The fourth-order valence-electron chi connectivity index (χ4n) is 5.26. The Morgan fingerprint density at radius 1 is 0.911 bits per heavy atom. The van der Waals surface area contributed by atoms with Gasteiger partial charge in [0.15, 0.2) is 41.3 Å². The molecule has 8 N–H and O–H groups in total. The normalized spacial score (nSPS) is 37.7. The summed E-state index contributed by atoms with van der Waals surface area (Å²) in [6.45, 7) is -9.73. The van der Waals surface area contributed by atoms with E-state index in [1.807, 2.05) is 0 Å². The Labute approximate surface area is 259 Å². The second-order valence-electron chi connectivity index (χ2n) is 10.1. The molecule has 0 saturated carbocycles. The van der Waals surface area contributed by atoms with Crippen LogP contribution in [0.2, 0.25) is 0 Å². The number of ether oxygens (including phenoxy) is 2. The number of halogens is 1. The first kappa shape index (κ1) is 31.0. The summed E-state index contributed by atoms with van der Waals surface area (Å²) in [5.41, 5.74) is 11.1. The first-order valence-electron chi connectivity index (χ1n) is 12.9. The molecule has 3 fully saturated rings. The van der Waals surface area contributed by atoms with Gasteiger partial charge in [0.1, 0.15) is 42.4 Å². The van der Waals surface area contributed by atoms with Crippen molar-refractivity contribution in [1.82, 2.24) is 39.0 Å². The van der Waals surface area contributed by atoms with E-state index in [-0.39, 0.29) is 34.1 Å². The molecule has 3 aliphatic heterocycles. The lowest BCUT2D eigenvalue weighted by Crippen LogP contribution is -2.35. The third-order valence-corrected chi connectivity index (χ3v) is 10.4. The largest absolute Gasteiger partial charge is 0.387 e. The SMILES string of the molecule is Nc1nc2c(ncn2[C@@H]2O[C@@H]3COP(O)(=S)OC4[C@@H](COP(O)(=S)OC2C3O)O[C@@H](n2cnc3c(N)ncnc32)[C@H]4F)c(=O)[nH]1. The summed E-state index contributed by atoms with van der Waals surface area (Å²) in [5.74, 6) is -0.171. The van der Waals surface area contributed by atoms with Crippen molar-refractivity contribution in [2.24, 2.45) is 0 Å². The highest BCUT2D eigenvalue weighted by molar-refractivity contribution is 8.07. The molecule has 20 nitrogen and oxygen atoms in total. The maximum absolute atomic E-state index is 16.0. The Balaban J connectivity index is 1.21. The molecule has 7 heterocycles. The van der Waals surface area contributed by atoms with Crippen molar-refractivity contribution in [1.29, 1.82) is 0 Å². The molecule has 2 bridgehead atoms. The molecule has 0 aliphatic carbocycles. The van der Waals surface area contributed by atoms with E-state index in [2.05, 4.69) is 29.9 Å². The number of anilines is 2. The number of nitrogens with one attached hydrogen (secondary N) is 1. The number of rotatable bonds is 2. The van der Waals surface area contributed by atoms with Gasteiger partial charge in [0, 0.05) is 0 Å². The molecule has 0 radical (unpaired) electrons. The molecule has 4 aromatic heterocycles. The number of nitrogen functional groups attached to an aromatic ring is 2. The third-order valence-electron chi connectivity index (χ3n) is 7.28. The molecule has 5 unspecified atom stereocenters. The molecule has 4 aromatic rings. The fourth-order valence-corrected chi connectivity index (χ4v) is 8.11. The summed E-state index contributed by atoms with van der Waals surface area (Å²) in [6.07, 6.45) is -8.39. The maximum atomic E-state index is 16.0. The van der Waals surface area contributed by atoms with E-state index in [1.54, 1.807) is 0 Å². The van der Waals surface area contributed by atoms with Crippen LogP contribution >= 0.6 is 13.4 Å². The summed E-state index contributed by atoms with van der Waals surface area (Å²) >= 11 is 10.4. The van der Waals surface area contributed by atoms with Crippen molar-refractivity contribution in [2.45, 2.75) is 49.1 Å². The van der Waals surface area contributed by atoms with E-state index < -0.39 is 81.4 Å². The van der Waals surface area contributed by atoms with Crippen LogP contribution in [0.1, 0.15) is 12.5 Å². The number of imidazole rings is 2. The number of nitrogens with zero attached hydrogens (tertiary/aromatic N) is 7. The minimum absolute atomic E-state index is 0.0335. The molecule has 3 saturated heterocycles. The highest BCUT2D eigenvalue weighted by Crippen LogP contribution is 2.54. The molecule has 45 heavy (non-hydrogen) atoms. The molecular weight excluding hydrogens is 685 g/mol. The summed E-state index contributed by atoms with van der Waals surface area (Å²) in [5, 5.41) is 11.1. The van der Waals surface area contributed by atoms with E-state index >= 15 is 4.39 Å². The predicted octanol–water partition coefficient (Wildman–Crippen LogP) is -1.13. The molecule has 7 rings (SSSR count). The van der Waals surface area contributed by atoms with Gasteiger partial charge < -0.3 is 44.9 Å². The molecule has 25 heteroatoms. The number of aliphatic hydroxyl groups is 1. The number of aromatic nitrogens is 8. The maximum Gasteiger partial charge on any atom is 0.325 e. The number of aromatic amines is 1. The van der Waals surface area contributed by atoms with E-state index in [1.165, 1.54) is 28.1 Å². The molecule has 10 atom stereocenters. The monoisotopic (exact) mass is 708 g/mol. The van der Waals surface area contributed by atoms with Gasteiger partial charge >= 0.3 is 13.4 Å². The molecule has 0 amide bonds. The Morgan fingerprint density at radius 3 is 2.27 bits per heavy atom. The Bertz CT molecular complexity index is 1950. The van der Waals surface area contributed by atoms with Gasteiger partial charge in [0.2, 0.25) is 5.95 Å². The summed E-state index contributed by atoms with van der Waals surface area (Å²) < 4.78 is 52.6. The summed E-state index contributed by atoms with van der Waals surface area (Å²) in [6, 6.07) is 0. The zero-order valence-electron chi connectivity index (χ0n) is 22.3. The first-order valence-corrected chi connectivity index (χ1v) is 18.1. The molecule has 242 valence electrons. The number of alkyl halides is 1. The van der Waals surface area contributed by atoms with Gasteiger partial charge in [-0.25, -0.2) is 24.3 Å². The van der Waals surface area contributed by atoms with Crippen LogP contribution in [-0.4, -0.2) is 104 Å². The van der Waals surface area contributed by atoms with Crippen LogP contribution in [0, 0.1) is 0 Å². The highest BCUT2D eigenvalue weighted by atomic mass is 32.5. The van der Waals surface area contributed by atoms with Gasteiger partial charge in [-0.05, 0) is 23.6 Å². The van der Waals surface area contributed by atoms with Crippen LogP contribution in [0.15, 0.2) is 23.8 Å². The van der Waals surface area contributed by atoms with Crippen molar-refractivity contribution in [2.75, 3.05) is 24.7 Å². The van der Waals surface area contributed by atoms with Gasteiger partial charge in [-0.3, -0.25) is 28.0 Å². The first-order chi connectivity index (χ1) is 21.3. The van der Waals surface area contributed by atoms with Crippen LogP contribution < -0.4 is 17.0 Å². The van der Waals surface area contributed by atoms with Gasteiger partial charge in [0.05, 0.1) is 25.9 Å². The molecule has 3 aliphatic rings. The van der Waals surface area contributed by atoms with Crippen molar-refractivity contribution in [3.05, 3.63) is 29.3 Å². The summed E-state index contributed by atoms with van der Waals surface area (Å²) in [4.78, 5) is 56.8. The lowest BCUT2D eigenvalue weighted by Gasteiger charge is -2.27. The van der Waals surface area contributed by atoms with E-state index in [0.29, 0.717) is 0 Å². The number of fused-ring (bicyclic) bond motifs is 5. The second-order valence-corrected chi connectivity index (χ2v) is 15.7. The zero-order valence-corrected chi connectivity index (χ0v) is 25.8. The lowest BCUT2D eigenvalue weighted by atomic mass is 10.1. The van der Waals surface area contributed by atoms with Gasteiger partial charge in [0.25, 0.3) is 5.56 Å². The lowest BCUT2D eigenvalue weighted by molar-refractivity contribution is -0.0602. The second kappa shape index (κ2) is 11.3. The smallest absolute Gasteiger partial charge is 0.325 e. The standard InChI is InChI=1S/C20H23FN10O10P2S2/c21-8-12-7(39-18(8)30-4-26-9-14(22)24-3-25-15(9)30)2-37-43(35,45)41-13-11(32)6(1-36-42(34,44)40-12)38-19(13)31-5-27-10-16(31)28-20(23)29-17(10)33/h3-8,11-13,18-19,32H,1-2H2,(H,34,44)(H,35,45)(H2,22,24,25)(H3,23,28,29,33)/t6-,7-,8+,11?,12?,13?,18-,19-,42?,43?/m1/s1. The average Bonchev–Trinajstić information content (AvgIpc) is 3.72. The third kappa shape index (κ3) is 5.56. The Morgan fingerprint density at radius 2 is 1.53 bits per heavy atom. The Hall–Kier alpha value is -2.63. The Kier molecular flexibility index (Phi) is 7.76. The van der Waals surface area contributed by atoms with Gasteiger partial charge in [-0.1, -0.05) is 0 Å². The quantitative estimate of drug-likeness (QED) is 0.134. The van der Waals surface area contributed by atoms with Crippen LogP contribution in [0.4, 0.5) is 16.2 Å². The van der Waals surface area contributed by atoms with E-state index in [4.69, 9.17) is 62.6 Å². The topological polar surface area (TPSA) is 275 Å². The average molecular weight is 709 g/mol. The van der Waals surface area contributed by atoms with Crippen molar-refractivity contribution >= 4 is 71.1 Å². The van der Waals surface area contributed by atoms with E-state index in [9.17, 15) is 19.7 Å². The van der Waals surface area contributed by atoms with Crippen LogP contribution in [0.25, 0.3) is 22.3 Å². The van der Waals surface area contributed by atoms with Crippen molar-refractivity contribution in [3.8, 4) is 0 Å². The zero-order chi connectivity index (χ0) is 31.8. The number of hydrogen-bond acceptors (Lipinski definition) is 17. The number of aliphatic hydroxyl groups excluding tert-OH is 1. The fraction of sp³-hybridized carbons (Fsp3) is 0.500. The van der Waals surface area contributed by atoms with Gasteiger partial charge in [-0.2, -0.15) is 4.98 Å². The number of nitrogens with two attached hydrogens (primary N) is 2. The number of hydrogen-bond donors (Lipinski definition) is 6. The summed E-state index contributed by atoms with van der Waals surface area (Å²) in [7, 11) is 0. The molecule has 0 spiro atoms. The van der Waals surface area contributed by atoms with Crippen LogP contribution in [-0.2, 0) is 51.2 Å². The minimum Gasteiger partial charge on any atom is -0.387 e. The van der Waals surface area contributed by atoms with Gasteiger partial charge in [-0.15, -0.1) is 0 Å². The minimum atomic E-state index is -4.27. The molecular formula is C20H23FN10O10P2S2. The van der Waals surface area contributed by atoms with E-state index in [0.717, 1.165) is 0 Å². The predicted molar refractivity (Wildman–Crippen MR) is 156 cm³/mol. The van der Waals surface area contributed by atoms with Crippen LogP contribution in [0.3, 0.4) is 0 Å².